The van der Waals surface area contributed by atoms with Crippen molar-refractivity contribution in [1.82, 2.24) is 9.21 Å². The molecule has 0 bridgehead atoms. The van der Waals surface area contributed by atoms with Crippen LogP contribution < -0.4 is 0 Å². The zero-order valence-corrected chi connectivity index (χ0v) is 19.5. The molecular weight excluding hydrogens is 408 g/mol. The average molecular weight is 443 g/mol. The first-order chi connectivity index (χ1) is 15.0. The summed E-state index contributed by atoms with van der Waals surface area (Å²) in [7, 11) is -1.87. The molecule has 31 heavy (non-hydrogen) atoms. The Morgan fingerprint density at radius 1 is 0.935 bits per heavy atom. The summed E-state index contributed by atoms with van der Waals surface area (Å²) in [6.07, 6.45) is 5.44. The van der Waals surface area contributed by atoms with Gasteiger partial charge in [-0.1, -0.05) is 36.4 Å². The van der Waals surface area contributed by atoms with E-state index in [1.54, 1.807) is 23.5 Å². The molecule has 5 nitrogen and oxygen atoms in total. The number of sulfonamides is 1. The van der Waals surface area contributed by atoms with E-state index in [1.807, 2.05) is 12.1 Å². The van der Waals surface area contributed by atoms with Crippen LogP contribution in [0.3, 0.4) is 0 Å². The molecule has 0 aromatic heterocycles. The summed E-state index contributed by atoms with van der Waals surface area (Å²) in [6, 6.07) is 16.6. The Bertz CT molecular complexity index is 957. The van der Waals surface area contributed by atoms with Gasteiger partial charge in [0.2, 0.25) is 10.0 Å². The van der Waals surface area contributed by atoms with Gasteiger partial charge in [-0.05, 0) is 74.4 Å². The second-order valence-corrected chi connectivity index (χ2v) is 10.8. The van der Waals surface area contributed by atoms with Crippen LogP contribution in [0.2, 0.25) is 0 Å². The maximum absolute atomic E-state index is 13.1. The van der Waals surface area contributed by atoms with E-state index in [-0.39, 0.29) is 6.04 Å². The Morgan fingerprint density at radius 2 is 1.58 bits per heavy atom. The summed E-state index contributed by atoms with van der Waals surface area (Å²) in [5.41, 5.74) is 3.49. The lowest BCUT2D eigenvalue weighted by molar-refractivity contribution is 0.149. The molecule has 6 heteroatoms. The first kappa shape index (κ1) is 22.5. The van der Waals surface area contributed by atoms with Crippen LogP contribution in [0.4, 0.5) is 0 Å². The van der Waals surface area contributed by atoms with Gasteiger partial charge in [0.25, 0.3) is 0 Å². The molecule has 0 spiro atoms. The predicted molar refractivity (Wildman–Crippen MR) is 125 cm³/mol. The SMILES string of the molecule is COC[C@@H]1CCCN1S(=O)(=O)c1ccc(-c2ccc(CCN3CCC[C@H]3C)cc2)cc1. The van der Waals surface area contributed by atoms with Gasteiger partial charge >= 0.3 is 0 Å². The number of ether oxygens (including phenoxy) is 1. The molecular formula is C25H34N2O3S. The van der Waals surface area contributed by atoms with E-state index in [1.165, 1.54) is 24.9 Å². The Morgan fingerprint density at radius 3 is 2.19 bits per heavy atom. The monoisotopic (exact) mass is 442 g/mol. The third kappa shape index (κ3) is 5.03. The minimum absolute atomic E-state index is 0.0641. The van der Waals surface area contributed by atoms with Crippen molar-refractivity contribution in [3.8, 4) is 11.1 Å². The van der Waals surface area contributed by atoms with Gasteiger partial charge in [-0.3, -0.25) is 0 Å². The number of likely N-dealkylation sites (tertiary alicyclic amines) is 1. The van der Waals surface area contributed by atoms with E-state index in [9.17, 15) is 8.42 Å². The van der Waals surface area contributed by atoms with Gasteiger partial charge < -0.3 is 9.64 Å². The third-order valence-corrected chi connectivity index (χ3v) is 8.77. The lowest BCUT2D eigenvalue weighted by atomic mass is 10.0. The van der Waals surface area contributed by atoms with E-state index in [2.05, 4.69) is 36.1 Å². The van der Waals surface area contributed by atoms with Gasteiger partial charge in [0.05, 0.1) is 11.5 Å². The molecule has 0 amide bonds. The number of nitrogens with zero attached hydrogens (tertiary/aromatic N) is 2. The molecule has 2 fully saturated rings. The van der Waals surface area contributed by atoms with Gasteiger partial charge in [0, 0.05) is 32.3 Å². The van der Waals surface area contributed by atoms with Crippen molar-refractivity contribution in [2.24, 2.45) is 0 Å². The van der Waals surface area contributed by atoms with Gasteiger partial charge in [-0.25, -0.2) is 8.42 Å². The molecule has 0 unspecified atom stereocenters. The molecule has 2 aliphatic rings. The second-order valence-electron chi connectivity index (χ2n) is 8.87. The zero-order valence-electron chi connectivity index (χ0n) is 18.7. The summed E-state index contributed by atoms with van der Waals surface area (Å²) >= 11 is 0. The number of benzene rings is 2. The van der Waals surface area contributed by atoms with Crippen molar-refractivity contribution in [2.45, 2.75) is 56.0 Å². The zero-order chi connectivity index (χ0) is 21.8. The van der Waals surface area contributed by atoms with Gasteiger partial charge in [0.1, 0.15) is 0 Å². The fourth-order valence-electron chi connectivity index (χ4n) is 4.90. The Hall–Kier alpha value is -1.73. The van der Waals surface area contributed by atoms with E-state index in [0.717, 1.165) is 36.9 Å². The molecule has 0 aliphatic carbocycles. The van der Waals surface area contributed by atoms with Crippen LogP contribution in [-0.2, 0) is 21.2 Å². The van der Waals surface area contributed by atoms with Crippen LogP contribution >= 0.6 is 0 Å². The van der Waals surface area contributed by atoms with Crippen molar-refractivity contribution < 1.29 is 13.2 Å². The highest BCUT2D eigenvalue weighted by Gasteiger charge is 2.35. The van der Waals surface area contributed by atoms with Crippen molar-refractivity contribution in [2.75, 3.05) is 33.4 Å². The van der Waals surface area contributed by atoms with E-state index < -0.39 is 10.0 Å². The number of rotatable bonds is 8. The van der Waals surface area contributed by atoms with E-state index in [4.69, 9.17) is 4.74 Å². The fourth-order valence-corrected chi connectivity index (χ4v) is 6.58. The smallest absolute Gasteiger partial charge is 0.243 e. The predicted octanol–water partition coefficient (Wildman–Crippen LogP) is 4.18. The molecule has 2 saturated heterocycles. The van der Waals surface area contributed by atoms with Crippen LogP contribution in [0.5, 0.6) is 0 Å². The van der Waals surface area contributed by atoms with Crippen molar-refractivity contribution >= 4 is 10.0 Å². The molecule has 2 atom stereocenters. The topological polar surface area (TPSA) is 49.9 Å². The molecule has 2 aromatic carbocycles. The lowest BCUT2D eigenvalue weighted by Crippen LogP contribution is -2.38. The van der Waals surface area contributed by atoms with Gasteiger partial charge in [-0.2, -0.15) is 4.31 Å². The second kappa shape index (κ2) is 9.82. The van der Waals surface area contributed by atoms with Crippen molar-refractivity contribution in [3.63, 3.8) is 0 Å². The first-order valence-electron chi connectivity index (χ1n) is 11.4. The van der Waals surface area contributed by atoms with E-state index >= 15 is 0 Å². The van der Waals surface area contributed by atoms with Gasteiger partial charge in [0.15, 0.2) is 0 Å². The first-order valence-corrected chi connectivity index (χ1v) is 12.9. The summed E-state index contributed by atoms with van der Waals surface area (Å²) in [5, 5.41) is 0. The number of hydrogen-bond donors (Lipinski definition) is 0. The van der Waals surface area contributed by atoms with Crippen LogP contribution in [0.1, 0.15) is 38.2 Å². The summed E-state index contributed by atoms with van der Waals surface area (Å²) in [5.74, 6) is 0. The van der Waals surface area contributed by atoms with Crippen molar-refractivity contribution in [1.29, 1.82) is 0 Å². The van der Waals surface area contributed by atoms with E-state index in [0.29, 0.717) is 24.1 Å². The van der Waals surface area contributed by atoms with Crippen molar-refractivity contribution in [3.05, 3.63) is 54.1 Å². The molecule has 4 rings (SSSR count). The molecule has 2 aromatic rings. The van der Waals surface area contributed by atoms with Crippen LogP contribution in [0.15, 0.2) is 53.4 Å². The maximum Gasteiger partial charge on any atom is 0.243 e. The largest absolute Gasteiger partial charge is 0.383 e. The highest BCUT2D eigenvalue weighted by Crippen LogP contribution is 2.28. The summed E-state index contributed by atoms with van der Waals surface area (Å²) in [4.78, 5) is 2.93. The molecule has 168 valence electrons. The summed E-state index contributed by atoms with van der Waals surface area (Å²) < 4.78 is 33.0. The summed E-state index contributed by atoms with van der Waals surface area (Å²) in [6.45, 7) is 5.67. The maximum atomic E-state index is 13.1. The normalized spacial score (nSPS) is 22.9. The number of methoxy groups -OCH3 is 1. The highest BCUT2D eigenvalue weighted by molar-refractivity contribution is 7.89. The minimum atomic E-state index is -3.49. The average Bonchev–Trinajstić information content (AvgIpc) is 3.42. The van der Waals surface area contributed by atoms with Crippen LogP contribution in [0, 0.1) is 0 Å². The molecule has 2 aliphatic heterocycles. The van der Waals surface area contributed by atoms with Gasteiger partial charge in [-0.15, -0.1) is 0 Å². The molecule has 2 heterocycles. The lowest BCUT2D eigenvalue weighted by Gasteiger charge is -2.23. The highest BCUT2D eigenvalue weighted by atomic mass is 32.2. The molecule has 0 N–H and O–H groups in total. The third-order valence-electron chi connectivity index (χ3n) is 6.81. The Labute approximate surface area is 187 Å². The fraction of sp³-hybridized carbons (Fsp3) is 0.520. The Balaban J connectivity index is 1.42. The molecule has 0 radical (unpaired) electrons. The molecule has 0 saturated carbocycles. The van der Waals surface area contributed by atoms with Crippen LogP contribution in [0.25, 0.3) is 11.1 Å². The quantitative estimate of drug-likeness (QED) is 0.615. The Kier molecular flexibility index (Phi) is 7.12. The minimum Gasteiger partial charge on any atom is -0.383 e. The standard InChI is InChI=1S/C25H34N2O3S/c1-20-5-3-16-26(20)18-15-21-7-9-22(10-8-21)23-11-13-25(14-12-23)31(28,29)27-17-4-6-24(27)19-30-2/h7-14,20,24H,3-6,15-19H2,1-2H3/t20-,24+/m1/s1. The number of hydrogen-bond acceptors (Lipinski definition) is 4. The van der Waals surface area contributed by atoms with Crippen LogP contribution in [-0.4, -0.2) is 63.1 Å².